The fourth-order valence-electron chi connectivity index (χ4n) is 3.18. The van der Waals surface area contributed by atoms with Gasteiger partial charge in [-0.15, -0.1) is 0 Å². The number of hydrogen-bond donors (Lipinski definition) is 1. The molecule has 0 radical (unpaired) electrons. The zero-order valence-electron chi connectivity index (χ0n) is 15.5. The van der Waals surface area contributed by atoms with Gasteiger partial charge < -0.3 is 10.2 Å². The first-order valence-electron chi connectivity index (χ1n) is 8.93. The third-order valence-electron chi connectivity index (χ3n) is 4.91. The molecule has 8 nitrogen and oxygen atoms in total. The first-order valence-corrected chi connectivity index (χ1v) is 9.74. The average Bonchev–Trinajstić information content (AvgIpc) is 3.04. The molecule has 3 amide bonds. The largest absolute Gasteiger partial charge is 0.346 e. The fourth-order valence-corrected chi connectivity index (χ4v) is 4.18. The van der Waals surface area contributed by atoms with Crippen LogP contribution in [0.5, 0.6) is 0 Å². The minimum atomic E-state index is -2.65. The van der Waals surface area contributed by atoms with Gasteiger partial charge in [0.2, 0.25) is 0 Å². The number of rotatable bonds is 6. The third kappa shape index (κ3) is 3.58. The van der Waals surface area contributed by atoms with Gasteiger partial charge in [-0.25, -0.2) is 18.6 Å². The van der Waals surface area contributed by atoms with Crippen LogP contribution in [-0.4, -0.2) is 57.2 Å². The summed E-state index contributed by atoms with van der Waals surface area (Å²) < 4.78 is 27.9. The maximum absolute atomic E-state index is 13.1. The van der Waals surface area contributed by atoms with Crippen molar-refractivity contribution in [1.82, 2.24) is 25.0 Å². The standard InChI is InChI=1S/C17H20F2N6O2S/c1-10-13(14(26)20-8-12-3-4-23(2)22-12)28-15(21-10)25-6-5-24(16(25)27)9-11-7-17(11,18)19/h3-4,11H,5-9H2,1-2H3,(H,20,26). The van der Waals surface area contributed by atoms with E-state index in [-0.39, 0.29) is 24.9 Å². The Bertz CT molecular complexity index is 927. The van der Waals surface area contributed by atoms with E-state index in [1.807, 2.05) is 6.07 Å². The molecule has 0 aromatic carbocycles. The van der Waals surface area contributed by atoms with Crippen LogP contribution in [-0.2, 0) is 13.6 Å². The van der Waals surface area contributed by atoms with Crippen LogP contribution in [0.15, 0.2) is 12.3 Å². The van der Waals surface area contributed by atoms with Crippen LogP contribution < -0.4 is 10.2 Å². The van der Waals surface area contributed by atoms with Crippen molar-refractivity contribution in [1.29, 1.82) is 0 Å². The predicted octanol–water partition coefficient (Wildman–Crippen LogP) is 2.01. The molecule has 1 N–H and O–H groups in total. The second-order valence-corrected chi connectivity index (χ2v) is 8.09. The molecule has 150 valence electrons. The Hall–Kier alpha value is -2.56. The molecule has 0 bridgehead atoms. The summed E-state index contributed by atoms with van der Waals surface area (Å²) in [5.74, 6) is -3.68. The van der Waals surface area contributed by atoms with Crippen LogP contribution in [0.25, 0.3) is 0 Å². The van der Waals surface area contributed by atoms with Gasteiger partial charge in [-0.1, -0.05) is 11.3 Å². The van der Waals surface area contributed by atoms with Crippen LogP contribution >= 0.6 is 11.3 Å². The fraction of sp³-hybridized carbons (Fsp3) is 0.529. The van der Waals surface area contributed by atoms with Gasteiger partial charge in [0.1, 0.15) is 4.88 Å². The molecule has 2 aromatic heterocycles. The van der Waals surface area contributed by atoms with Crippen LogP contribution in [0.2, 0.25) is 0 Å². The Morgan fingerprint density at radius 2 is 2.18 bits per heavy atom. The summed E-state index contributed by atoms with van der Waals surface area (Å²) in [5.41, 5.74) is 1.26. The monoisotopic (exact) mass is 410 g/mol. The minimum Gasteiger partial charge on any atom is -0.346 e. The number of hydrogen-bond acceptors (Lipinski definition) is 5. The molecule has 11 heteroatoms. The molecule has 1 saturated carbocycles. The van der Waals surface area contributed by atoms with Crippen molar-refractivity contribution in [2.24, 2.45) is 13.0 Å². The number of aryl methyl sites for hydroxylation is 2. The number of anilines is 1. The lowest BCUT2D eigenvalue weighted by Gasteiger charge is -2.16. The zero-order valence-corrected chi connectivity index (χ0v) is 16.3. The molecule has 1 saturated heterocycles. The number of carbonyl (C=O) groups is 2. The number of alkyl halides is 2. The number of thiazole rings is 1. The van der Waals surface area contributed by atoms with Gasteiger partial charge in [-0.3, -0.25) is 14.4 Å². The molecule has 0 spiro atoms. The van der Waals surface area contributed by atoms with Crippen molar-refractivity contribution >= 4 is 28.4 Å². The summed E-state index contributed by atoms with van der Waals surface area (Å²) in [6.07, 6.45) is 1.63. The van der Waals surface area contributed by atoms with Crippen LogP contribution in [0.3, 0.4) is 0 Å². The third-order valence-corrected chi connectivity index (χ3v) is 6.09. The molecule has 28 heavy (non-hydrogen) atoms. The summed E-state index contributed by atoms with van der Waals surface area (Å²) in [6.45, 7) is 2.81. The number of carbonyl (C=O) groups excluding carboxylic acids is 2. The van der Waals surface area contributed by atoms with Gasteiger partial charge >= 0.3 is 6.03 Å². The van der Waals surface area contributed by atoms with Crippen molar-refractivity contribution in [3.8, 4) is 0 Å². The van der Waals surface area contributed by atoms with Crippen LogP contribution in [0, 0.1) is 12.8 Å². The van der Waals surface area contributed by atoms with Crippen LogP contribution in [0.1, 0.15) is 27.5 Å². The summed E-state index contributed by atoms with van der Waals surface area (Å²) in [4.78, 5) is 32.7. The molecule has 1 atom stereocenters. The molecule has 4 rings (SSSR count). The van der Waals surface area contributed by atoms with E-state index in [9.17, 15) is 18.4 Å². The normalized spacial score (nSPS) is 20.7. The molecule has 1 aliphatic carbocycles. The number of amides is 3. The first-order chi connectivity index (χ1) is 13.2. The van der Waals surface area contributed by atoms with Gasteiger partial charge in [0.25, 0.3) is 11.8 Å². The maximum Gasteiger partial charge on any atom is 0.326 e. The highest BCUT2D eigenvalue weighted by molar-refractivity contribution is 7.17. The van der Waals surface area contributed by atoms with Crippen LogP contribution in [0.4, 0.5) is 18.7 Å². The topological polar surface area (TPSA) is 83.4 Å². The summed E-state index contributed by atoms with van der Waals surface area (Å²) in [5, 5.41) is 7.41. The zero-order chi connectivity index (χ0) is 20.1. The molecule has 2 aromatic rings. The Kier molecular flexibility index (Phi) is 4.56. The smallest absolute Gasteiger partial charge is 0.326 e. The number of nitrogens with zero attached hydrogens (tertiary/aromatic N) is 5. The van der Waals surface area contributed by atoms with Crippen molar-refractivity contribution in [3.05, 3.63) is 28.5 Å². The predicted molar refractivity (Wildman–Crippen MR) is 98.6 cm³/mol. The van der Waals surface area contributed by atoms with Crippen molar-refractivity contribution < 1.29 is 18.4 Å². The lowest BCUT2D eigenvalue weighted by atomic mass is 10.3. The van der Waals surface area contributed by atoms with E-state index in [0.29, 0.717) is 35.3 Å². The van der Waals surface area contributed by atoms with Crippen molar-refractivity contribution in [3.63, 3.8) is 0 Å². The summed E-state index contributed by atoms with van der Waals surface area (Å²) in [7, 11) is 1.80. The highest BCUT2D eigenvalue weighted by Gasteiger charge is 2.58. The number of urea groups is 1. The first kappa shape index (κ1) is 18.8. The number of halogens is 2. The summed E-state index contributed by atoms with van der Waals surface area (Å²) >= 11 is 1.13. The Morgan fingerprint density at radius 3 is 2.82 bits per heavy atom. The van der Waals surface area contributed by atoms with Gasteiger partial charge in [0.05, 0.1) is 17.9 Å². The van der Waals surface area contributed by atoms with E-state index in [1.165, 1.54) is 9.80 Å². The van der Waals surface area contributed by atoms with E-state index in [4.69, 9.17) is 0 Å². The Balaban J connectivity index is 1.39. The lowest BCUT2D eigenvalue weighted by molar-refractivity contribution is 0.0922. The van der Waals surface area contributed by atoms with Crippen molar-refractivity contribution in [2.45, 2.75) is 25.8 Å². The minimum absolute atomic E-state index is 0.0596. The van der Waals surface area contributed by atoms with Gasteiger partial charge in [0, 0.05) is 45.2 Å². The second-order valence-electron chi connectivity index (χ2n) is 7.12. The van der Waals surface area contributed by atoms with E-state index >= 15 is 0 Å². The average molecular weight is 410 g/mol. The van der Waals surface area contributed by atoms with Gasteiger partial charge in [-0.05, 0) is 13.0 Å². The molecule has 1 unspecified atom stereocenters. The molecule has 2 aliphatic rings. The highest BCUT2D eigenvalue weighted by Crippen LogP contribution is 2.49. The van der Waals surface area contributed by atoms with E-state index in [1.54, 1.807) is 24.9 Å². The Labute approximate surface area is 164 Å². The van der Waals surface area contributed by atoms with Gasteiger partial charge in [0.15, 0.2) is 5.13 Å². The lowest BCUT2D eigenvalue weighted by Crippen LogP contribution is -2.33. The SMILES string of the molecule is Cc1nc(N2CCN(CC3CC3(F)F)C2=O)sc1C(=O)NCc1ccn(C)n1. The molecular formula is C17H20F2N6O2S. The molecule has 3 heterocycles. The highest BCUT2D eigenvalue weighted by atomic mass is 32.1. The molecule has 2 fully saturated rings. The second kappa shape index (κ2) is 6.80. The van der Waals surface area contributed by atoms with E-state index in [2.05, 4.69) is 15.4 Å². The number of nitrogens with one attached hydrogen (secondary N) is 1. The van der Waals surface area contributed by atoms with E-state index < -0.39 is 11.8 Å². The van der Waals surface area contributed by atoms with E-state index in [0.717, 1.165) is 17.0 Å². The maximum atomic E-state index is 13.1. The van der Waals surface area contributed by atoms with Crippen molar-refractivity contribution in [2.75, 3.05) is 24.5 Å². The Morgan fingerprint density at radius 1 is 1.43 bits per heavy atom. The molecular weight excluding hydrogens is 390 g/mol. The van der Waals surface area contributed by atoms with Gasteiger partial charge in [-0.2, -0.15) is 5.10 Å². The quantitative estimate of drug-likeness (QED) is 0.790. The molecule has 1 aliphatic heterocycles. The summed E-state index contributed by atoms with van der Waals surface area (Å²) in [6, 6.07) is 1.48. The number of aromatic nitrogens is 3.